The van der Waals surface area contributed by atoms with E-state index in [9.17, 15) is 0 Å². The molecule has 17 heavy (non-hydrogen) atoms. The fourth-order valence-electron chi connectivity index (χ4n) is 2.19. The van der Waals surface area contributed by atoms with Crippen molar-refractivity contribution in [3.05, 3.63) is 41.4 Å². The van der Waals surface area contributed by atoms with Crippen molar-refractivity contribution in [3.63, 3.8) is 0 Å². The second-order valence-electron chi connectivity index (χ2n) is 4.54. The molecule has 1 N–H and O–H groups in total. The van der Waals surface area contributed by atoms with Gasteiger partial charge in [-0.3, -0.25) is 0 Å². The zero-order valence-electron chi connectivity index (χ0n) is 10.1. The molecule has 2 nitrogen and oxygen atoms in total. The van der Waals surface area contributed by atoms with Crippen LogP contribution in [0.5, 0.6) is 5.75 Å². The van der Waals surface area contributed by atoms with Crippen LogP contribution in [0.1, 0.15) is 24.3 Å². The molecule has 1 aromatic carbocycles. The molecule has 0 aliphatic heterocycles. The number of methoxy groups -OCH3 is 1. The van der Waals surface area contributed by atoms with E-state index in [0.717, 1.165) is 5.75 Å². The van der Waals surface area contributed by atoms with Gasteiger partial charge in [0.15, 0.2) is 0 Å². The van der Waals surface area contributed by atoms with Gasteiger partial charge in [-0.15, -0.1) is 0 Å². The summed E-state index contributed by atoms with van der Waals surface area (Å²) in [7, 11) is 1.69. The molecule has 0 heterocycles. The van der Waals surface area contributed by atoms with E-state index in [1.165, 1.54) is 18.4 Å². The smallest absolute Gasteiger partial charge is 0.118 e. The molecule has 0 aromatic heterocycles. The van der Waals surface area contributed by atoms with Crippen LogP contribution in [-0.2, 0) is 0 Å². The van der Waals surface area contributed by atoms with Crippen molar-refractivity contribution in [2.45, 2.75) is 24.8 Å². The highest BCUT2D eigenvalue weighted by molar-refractivity contribution is 6.29. The van der Waals surface area contributed by atoms with Crippen LogP contribution in [0.3, 0.4) is 0 Å². The minimum absolute atomic E-state index is 0.581. The second kappa shape index (κ2) is 5.56. The van der Waals surface area contributed by atoms with Crippen molar-refractivity contribution >= 4 is 11.6 Å². The number of hydrogen-bond donors (Lipinski definition) is 1. The number of ether oxygens (including phenoxy) is 1. The zero-order valence-corrected chi connectivity index (χ0v) is 10.8. The summed E-state index contributed by atoms with van der Waals surface area (Å²) >= 11 is 5.72. The average Bonchev–Trinajstić information content (AvgIpc) is 2.27. The summed E-state index contributed by atoms with van der Waals surface area (Å²) in [4.78, 5) is 0. The normalized spacial score (nSPS) is 22.9. The summed E-state index contributed by atoms with van der Waals surface area (Å²) in [6.07, 6.45) is 2.35. The molecule has 92 valence electrons. The Hall–Kier alpha value is -0.990. The van der Waals surface area contributed by atoms with E-state index >= 15 is 0 Å². The second-order valence-corrected chi connectivity index (χ2v) is 5.07. The minimum Gasteiger partial charge on any atom is -0.497 e. The van der Waals surface area contributed by atoms with Gasteiger partial charge in [0.2, 0.25) is 0 Å². The van der Waals surface area contributed by atoms with E-state index in [1.807, 2.05) is 12.1 Å². The fraction of sp³-hybridized carbons (Fsp3) is 0.429. The summed E-state index contributed by atoms with van der Waals surface area (Å²) in [5.41, 5.74) is 1.40. The molecule has 1 saturated carbocycles. The first-order valence-electron chi connectivity index (χ1n) is 5.89. The number of hydrogen-bond acceptors (Lipinski definition) is 2. The van der Waals surface area contributed by atoms with Crippen LogP contribution < -0.4 is 10.1 Å². The molecule has 0 bridgehead atoms. The van der Waals surface area contributed by atoms with Crippen molar-refractivity contribution in [1.29, 1.82) is 0 Å². The van der Waals surface area contributed by atoms with Gasteiger partial charge in [0.05, 0.1) is 7.11 Å². The van der Waals surface area contributed by atoms with Gasteiger partial charge in [-0.2, -0.15) is 0 Å². The molecule has 0 spiro atoms. The highest BCUT2D eigenvalue weighted by Crippen LogP contribution is 2.37. The highest BCUT2D eigenvalue weighted by Gasteiger charge is 2.29. The lowest BCUT2D eigenvalue weighted by atomic mass is 9.76. The van der Waals surface area contributed by atoms with Gasteiger partial charge in [-0.1, -0.05) is 30.3 Å². The Labute approximate surface area is 108 Å². The molecule has 0 amide bonds. The van der Waals surface area contributed by atoms with Crippen LogP contribution in [0.4, 0.5) is 0 Å². The Kier molecular flexibility index (Phi) is 4.08. The van der Waals surface area contributed by atoms with Gasteiger partial charge in [-0.05, 0) is 36.5 Å². The van der Waals surface area contributed by atoms with Gasteiger partial charge in [-0.25, -0.2) is 0 Å². The highest BCUT2D eigenvalue weighted by atomic mass is 35.5. The number of benzene rings is 1. The van der Waals surface area contributed by atoms with E-state index in [1.54, 1.807) is 7.11 Å². The van der Waals surface area contributed by atoms with Gasteiger partial charge in [0, 0.05) is 17.6 Å². The monoisotopic (exact) mass is 251 g/mol. The largest absolute Gasteiger partial charge is 0.497 e. The van der Waals surface area contributed by atoms with Crippen LogP contribution in [0, 0.1) is 0 Å². The summed E-state index contributed by atoms with van der Waals surface area (Å²) in [6.45, 7) is 4.38. The molecule has 0 radical (unpaired) electrons. The molecule has 3 heteroatoms. The third-order valence-corrected chi connectivity index (χ3v) is 3.44. The third kappa shape index (κ3) is 3.24. The quantitative estimate of drug-likeness (QED) is 0.867. The van der Waals surface area contributed by atoms with Gasteiger partial charge < -0.3 is 10.1 Å². The summed E-state index contributed by atoms with van der Waals surface area (Å²) in [6, 6.07) is 8.94. The predicted octanol–water partition coefficient (Wildman–Crippen LogP) is 3.28. The Balaban J connectivity index is 1.80. The van der Waals surface area contributed by atoms with Crippen molar-refractivity contribution in [2.24, 2.45) is 0 Å². The molecular weight excluding hydrogens is 234 g/mol. The van der Waals surface area contributed by atoms with E-state index in [4.69, 9.17) is 16.3 Å². The molecule has 1 aliphatic carbocycles. The molecule has 2 rings (SSSR count). The van der Waals surface area contributed by atoms with Crippen molar-refractivity contribution in [1.82, 2.24) is 5.32 Å². The molecule has 1 aromatic rings. The fourth-order valence-corrected chi connectivity index (χ4v) is 2.26. The Bertz CT molecular complexity index is 382. The SMILES string of the molecule is C=C(Cl)CNC1CC(c2ccc(OC)cc2)C1. The number of nitrogens with one attached hydrogen (secondary N) is 1. The maximum Gasteiger partial charge on any atom is 0.118 e. The molecule has 1 aliphatic rings. The lowest BCUT2D eigenvalue weighted by molar-refractivity contribution is 0.299. The summed E-state index contributed by atoms with van der Waals surface area (Å²) < 4.78 is 5.15. The van der Waals surface area contributed by atoms with Gasteiger partial charge in [0.25, 0.3) is 0 Å². The first-order valence-corrected chi connectivity index (χ1v) is 6.27. The average molecular weight is 252 g/mol. The predicted molar refractivity (Wildman–Crippen MR) is 71.8 cm³/mol. The standard InChI is InChI=1S/C14H18ClNO/c1-10(15)9-16-13-7-12(8-13)11-3-5-14(17-2)6-4-11/h3-6,12-13,16H,1,7-9H2,2H3. The molecule has 0 atom stereocenters. The van der Waals surface area contributed by atoms with Crippen LogP contribution in [0.15, 0.2) is 35.9 Å². The summed E-state index contributed by atoms with van der Waals surface area (Å²) in [5, 5.41) is 4.06. The Morgan fingerprint density at radius 1 is 1.41 bits per heavy atom. The van der Waals surface area contributed by atoms with Crippen LogP contribution in [0.2, 0.25) is 0 Å². The van der Waals surface area contributed by atoms with Gasteiger partial charge in [0.1, 0.15) is 5.75 Å². The third-order valence-electron chi connectivity index (χ3n) is 3.31. The van der Waals surface area contributed by atoms with E-state index in [2.05, 4.69) is 24.0 Å². The topological polar surface area (TPSA) is 21.3 Å². The first-order chi connectivity index (χ1) is 8.19. The minimum atomic E-state index is 0.581. The lowest BCUT2D eigenvalue weighted by Crippen LogP contribution is -2.40. The van der Waals surface area contributed by atoms with Gasteiger partial charge >= 0.3 is 0 Å². The van der Waals surface area contributed by atoms with Crippen LogP contribution in [-0.4, -0.2) is 19.7 Å². The summed E-state index contributed by atoms with van der Waals surface area (Å²) in [5.74, 6) is 1.59. The molecule has 0 unspecified atom stereocenters. The first kappa shape index (κ1) is 12.5. The maximum atomic E-state index is 5.72. The van der Waals surface area contributed by atoms with Crippen LogP contribution in [0.25, 0.3) is 0 Å². The van der Waals surface area contributed by atoms with Crippen molar-refractivity contribution in [3.8, 4) is 5.75 Å². The molecule has 1 fully saturated rings. The number of rotatable bonds is 5. The van der Waals surface area contributed by atoms with Crippen molar-refractivity contribution < 1.29 is 4.74 Å². The molecular formula is C14H18ClNO. The van der Waals surface area contributed by atoms with E-state index in [-0.39, 0.29) is 0 Å². The van der Waals surface area contributed by atoms with E-state index < -0.39 is 0 Å². The van der Waals surface area contributed by atoms with Crippen LogP contribution >= 0.6 is 11.6 Å². The van der Waals surface area contributed by atoms with E-state index in [0.29, 0.717) is 23.5 Å². The Morgan fingerprint density at radius 3 is 2.59 bits per heavy atom. The zero-order chi connectivity index (χ0) is 12.3. The maximum absolute atomic E-state index is 5.72. The Morgan fingerprint density at radius 2 is 2.06 bits per heavy atom. The lowest BCUT2D eigenvalue weighted by Gasteiger charge is -2.36. The number of halogens is 1. The molecule has 0 saturated heterocycles. The van der Waals surface area contributed by atoms with Crippen molar-refractivity contribution in [2.75, 3.05) is 13.7 Å².